The molecule has 0 spiro atoms. The Morgan fingerprint density at radius 1 is 0.977 bits per heavy atom. The predicted molar refractivity (Wildman–Crippen MR) is 164 cm³/mol. The second-order valence-electron chi connectivity index (χ2n) is 9.98. The molecule has 12 nitrogen and oxygen atoms in total. The summed E-state index contributed by atoms with van der Waals surface area (Å²) in [4.78, 5) is 24.7. The summed E-state index contributed by atoms with van der Waals surface area (Å²) in [5.41, 5.74) is 2.85. The fraction of sp³-hybridized carbons (Fsp3) is 0.258. The molecule has 0 aliphatic rings. The summed E-state index contributed by atoms with van der Waals surface area (Å²) in [6.45, 7) is 5.74. The summed E-state index contributed by atoms with van der Waals surface area (Å²) in [7, 11) is -1.15. The van der Waals surface area contributed by atoms with Gasteiger partial charge in [-0.05, 0) is 81.3 Å². The Kier molecular flexibility index (Phi) is 10.0. The molecular weight excluding hydrogens is 588 g/mol. The molecule has 0 bridgehead atoms. The molecule has 0 aliphatic carbocycles. The Morgan fingerprint density at radius 3 is 2.34 bits per heavy atom. The van der Waals surface area contributed by atoms with Crippen molar-refractivity contribution in [3.05, 3.63) is 88.6 Å². The number of ether oxygens (including phenoxy) is 3. The molecule has 1 heterocycles. The number of aryl methyl sites for hydroxylation is 2. The van der Waals surface area contributed by atoms with Gasteiger partial charge in [-0.1, -0.05) is 17.7 Å². The number of benzene rings is 3. The van der Waals surface area contributed by atoms with Gasteiger partial charge < -0.3 is 24.6 Å². The fourth-order valence-corrected chi connectivity index (χ4v) is 5.67. The largest absolute Gasteiger partial charge is 0.497 e. The number of sulfonamides is 1. The average Bonchev–Trinajstić information content (AvgIpc) is 3.31. The van der Waals surface area contributed by atoms with Crippen LogP contribution in [0.15, 0.2) is 65.6 Å². The van der Waals surface area contributed by atoms with Crippen molar-refractivity contribution in [1.29, 1.82) is 0 Å². The molecule has 0 fully saturated rings. The van der Waals surface area contributed by atoms with Crippen molar-refractivity contribution in [2.75, 3.05) is 32.7 Å². The standard InChI is InChI=1S/C31H34N4O8S/c1-19-7-13-25(20(2)17-19)35-30(21(3)28(34-35)31(37)38)43-26-14-10-23(18-27(26)44(39,40)32-15-6-16-41-4)33-29(36)22-8-11-24(42-5)12-9-22/h7-14,17-18,32H,6,15-16H2,1-5H3,(H,33,36)(H,37,38). The van der Waals surface area contributed by atoms with Gasteiger partial charge in [0.1, 0.15) is 16.4 Å². The second kappa shape index (κ2) is 13.7. The van der Waals surface area contributed by atoms with E-state index in [1.165, 1.54) is 44.0 Å². The second-order valence-corrected chi connectivity index (χ2v) is 11.7. The van der Waals surface area contributed by atoms with Gasteiger partial charge in [0.15, 0.2) is 5.69 Å². The number of carbonyl (C=O) groups excluding carboxylic acids is 1. The van der Waals surface area contributed by atoms with Crippen molar-refractivity contribution in [3.8, 4) is 23.1 Å². The van der Waals surface area contributed by atoms with Crippen LogP contribution in [0, 0.1) is 20.8 Å². The molecule has 1 aromatic heterocycles. The van der Waals surface area contributed by atoms with Crippen molar-refractivity contribution in [2.45, 2.75) is 32.1 Å². The van der Waals surface area contributed by atoms with Crippen molar-refractivity contribution in [2.24, 2.45) is 0 Å². The Bertz CT molecular complexity index is 1780. The molecule has 4 rings (SSSR count). The number of nitrogens with zero attached hydrogens (tertiary/aromatic N) is 2. The number of hydrogen-bond acceptors (Lipinski definition) is 8. The number of aromatic carboxylic acids is 1. The van der Waals surface area contributed by atoms with Crippen LogP contribution in [0.3, 0.4) is 0 Å². The minimum atomic E-state index is -4.18. The number of nitrogens with one attached hydrogen (secondary N) is 2. The monoisotopic (exact) mass is 622 g/mol. The smallest absolute Gasteiger partial charge is 0.356 e. The van der Waals surface area contributed by atoms with Crippen molar-refractivity contribution in [1.82, 2.24) is 14.5 Å². The highest BCUT2D eigenvalue weighted by Crippen LogP contribution is 2.36. The molecule has 232 valence electrons. The number of anilines is 1. The Hall–Kier alpha value is -4.72. The number of hydrogen-bond donors (Lipinski definition) is 3. The molecule has 3 N–H and O–H groups in total. The van der Waals surface area contributed by atoms with E-state index in [-0.39, 0.29) is 40.0 Å². The number of rotatable bonds is 13. The van der Waals surface area contributed by atoms with Gasteiger partial charge in [-0.25, -0.2) is 17.9 Å². The quantitative estimate of drug-likeness (QED) is 0.177. The molecule has 0 radical (unpaired) electrons. The summed E-state index contributed by atoms with van der Waals surface area (Å²) < 4.78 is 47.3. The first-order valence-corrected chi connectivity index (χ1v) is 15.1. The summed E-state index contributed by atoms with van der Waals surface area (Å²) in [6, 6.07) is 16.1. The molecule has 1 amide bonds. The first kappa shape index (κ1) is 32.2. The summed E-state index contributed by atoms with van der Waals surface area (Å²) in [5.74, 6) is -1.22. The maximum atomic E-state index is 13.6. The third kappa shape index (κ3) is 7.25. The topological polar surface area (TPSA) is 158 Å². The highest BCUT2D eigenvalue weighted by atomic mass is 32.2. The molecule has 0 saturated carbocycles. The highest BCUT2D eigenvalue weighted by molar-refractivity contribution is 7.89. The maximum absolute atomic E-state index is 13.6. The SMILES string of the molecule is COCCCNS(=O)(=O)c1cc(NC(=O)c2ccc(OC)cc2)ccc1Oc1c(C)c(C(=O)O)nn1-c1ccc(C)cc1C. The van der Waals surface area contributed by atoms with Gasteiger partial charge in [0.25, 0.3) is 5.91 Å². The maximum Gasteiger partial charge on any atom is 0.356 e. The molecule has 13 heteroatoms. The van der Waals surface area contributed by atoms with Gasteiger partial charge in [0, 0.05) is 37.1 Å². The van der Waals surface area contributed by atoms with Crippen LogP contribution < -0.4 is 19.5 Å². The van der Waals surface area contributed by atoms with Crippen LogP contribution in [0.1, 0.15) is 44.0 Å². The Labute approximate surface area is 255 Å². The number of carbonyl (C=O) groups is 2. The van der Waals surface area contributed by atoms with Gasteiger partial charge in [-0.3, -0.25) is 4.79 Å². The van der Waals surface area contributed by atoms with E-state index in [4.69, 9.17) is 14.2 Å². The van der Waals surface area contributed by atoms with Crippen LogP contribution in [-0.2, 0) is 14.8 Å². The van der Waals surface area contributed by atoms with Crippen LogP contribution in [-0.4, -0.2) is 62.6 Å². The van der Waals surface area contributed by atoms with Gasteiger partial charge in [-0.15, -0.1) is 0 Å². The van der Waals surface area contributed by atoms with E-state index >= 15 is 0 Å². The Balaban J connectivity index is 1.78. The van der Waals surface area contributed by atoms with Crippen LogP contribution in [0.4, 0.5) is 5.69 Å². The first-order valence-electron chi connectivity index (χ1n) is 13.6. The number of carboxylic acids is 1. The Morgan fingerprint density at radius 2 is 1.70 bits per heavy atom. The van der Waals surface area contributed by atoms with Gasteiger partial charge in [0.05, 0.1) is 12.8 Å². The molecule has 4 aromatic rings. The predicted octanol–water partition coefficient (Wildman–Crippen LogP) is 4.86. The third-order valence-corrected chi connectivity index (χ3v) is 8.20. The van der Waals surface area contributed by atoms with E-state index in [1.807, 2.05) is 26.0 Å². The zero-order valence-electron chi connectivity index (χ0n) is 25.0. The lowest BCUT2D eigenvalue weighted by Crippen LogP contribution is -2.26. The molecular formula is C31H34N4O8S. The lowest BCUT2D eigenvalue weighted by atomic mass is 10.1. The lowest BCUT2D eigenvalue weighted by molar-refractivity contribution is 0.0689. The molecule has 0 saturated heterocycles. The zero-order valence-corrected chi connectivity index (χ0v) is 25.8. The van der Waals surface area contributed by atoms with Crippen LogP contribution in [0.5, 0.6) is 17.4 Å². The van der Waals surface area contributed by atoms with Gasteiger partial charge >= 0.3 is 5.97 Å². The van der Waals surface area contributed by atoms with E-state index in [2.05, 4.69) is 15.1 Å². The molecule has 0 unspecified atom stereocenters. The number of methoxy groups -OCH3 is 2. The van der Waals surface area contributed by atoms with Crippen LogP contribution in [0.2, 0.25) is 0 Å². The average molecular weight is 623 g/mol. The minimum Gasteiger partial charge on any atom is -0.497 e. The van der Waals surface area contributed by atoms with Gasteiger partial charge in [0.2, 0.25) is 15.9 Å². The summed E-state index contributed by atoms with van der Waals surface area (Å²) >= 11 is 0. The van der Waals surface area contributed by atoms with E-state index in [9.17, 15) is 23.1 Å². The summed E-state index contributed by atoms with van der Waals surface area (Å²) in [5, 5.41) is 16.8. The normalized spacial score (nSPS) is 11.3. The number of aromatic nitrogens is 2. The van der Waals surface area contributed by atoms with Crippen LogP contribution in [0.25, 0.3) is 5.69 Å². The summed E-state index contributed by atoms with van der Waals surface area (Å²) in [6.07, 6.45) is 0.417. The molecule has 0 aliphatic heterocycles. The minimum absolute atomic E-state index is 0.0280. The van der Waals surface area contributed by atoms with Gasteiger partial charge in [-0.2, -0.15) is 9.78 Å². The molecule has 44 heavy (non-hydrogen) atoms. The third-order valence-electron chi connectivity index (χ3n) is 6.72. The van der Waals surface area contributed by atoms with Crippen LogP contribution >= 0.6 is 0 Å². The van der Waals surface area contributed by atoms with E-state index < -0.39 is 21.9 Å². The number of amides is 1. The van der Waals surface area contributed by atoms with E-state index in [0.29, 0.717) is 30.0 Å². The van der Waals surface area contributed by atoms with Crippen molar-refractivity contribution in [3.63, 3.8) is 0 Å². The van der Waals surface area contributed by atoms with Crippen molar-refractivity contribution < 1.29 is 37.3 Å². The van der Waals surface area contributed by atoms with E-state index in [0.717, 1.165) is 11.1 Å². The highest BCUT2D eigenvalue weighted by Gasteiger charge is 2.27. The lowest BCUT2D eigenvalue weighted by Gasteiger charge is -2.17. The van der Waals surface area contributed by atoms with E-state index in [1.54, 1.807) is 30.3 Å². The number of carboxylic acid groups (broad SMARTS) is 1. The zero-order chi connectivity index (χ0) is 32.0. The first-order chi connectivity index (χ1) is 20.9. The van der Waals surface area contributed by atoms with Crippen molar-refractivity contribution >= 4 is 27.6 Å². The fourth-order valence-electron chi connectivity index (χ4n) is 4.44. The molecule has 3 aromatic carbocycles. The molecule has 0 atom stereocenters.